The van der Waals surface area contributed by atoms with Crippen LogP contribution < -0.4 is 4.65 Å². The van der Waals surface area contributed by atoms with Crippen LogP contribution in [0.3, 0.4) is 0 Å². The van der Waals surface area contributed by atoms with E-state index >= 15 is 0 Å². The van der Waals surface area contributed by atoms with E-state index in [-0.39, 0.29) is 23.0 Å². The molecule has 5 N–H and O–H groups in total. The quantitative estimate of drug-likeness (QED) is 0.406. The van der Waals surface area contributed by atoms with Crippen molar-refractivity contribution in [1.29, 1.82) is 0 Å². The Balaban J connectivity index is 0.000000200. The first kappa shape index (κ1) is 14.7. The van der Waals surface area contributed by atoms with Crippen LogP contribution in [0.1, 0.15) is 0 Å². The molecule has 0 fully saturated rings. The first-order valence-corrected chi connectivity index (χ1v) is 5.27. The summed E-state index contributed by atoms with van der Waals surface area (Å²) in [5.41, 5.74) is 0. The lowest BCUT2D eigenvalue weighted by Gasteiger charge is -2.03. The van der Waals surface area contributed by atoms with E-state index in [0.717, 1.165) is 0 Å². The lowest BCUT2D eigenvalue weighted by Crippen LogP contribution is -2.20. The highest BCUT2D eigenvalue weighted by Crippen LogP contribution is 2.17. The maximum Gasteiger partial charge on any atom is 0.707 e. The molecule has 0 radical (unpaired) electrons. The maximum atomic E-state index is 8.88. The molecule has 0 amide bonds. The molecule has 100 valence electrons. The van der Waals surface area contributed by atoms with Crippen molar-refractivity contribution in [2.45, 2.75) is 0 Å². The summed E-state index contributed by atoms with van der Waals surface area (Å²) in [7, 11) is -1.85. The van der Waals surface area contributed by atoms with Crippen molar-refractivity contribution in [2.24, 2.45) is 0 Å². The van der Waals surface area contributed by atoms with Crippen LogP contribution >= 0.6 is 0 Å². The highest BCUT2D eigenvalue weighted by atomic mass is 16.6. The third-order valence-electron chi connectivity index (χ3n) is 1.91. The van der Waals surface area contributed by atoms with E-state index in [2.05, 4.69) is 4.65 Å². The second-order valence-corrected chi connectivity index (χ2v) is 3.46. The largest absolute Gasteiger partial charge is 0.707 e. The zero-order valence-electron chi connectivity index (χ0n) is 9.84. The van der Waals surface area contributed by atoms with E-state index in [1.807, 2.05) is 0 Å². The van der Waals surface area contributed by atoms with Gasteiger partial charge in [-0.25, -0.2) is 0 Å². The van der Waals surface area contributed by atoms with E-state index < -0.39 is 7.32 Å². The van der Waals surface area contributed by atoms with E-state index in [1.165, 1.54) is 48.5 Å². The molecule has 2 aromatic rings. The third kappa shape index (κ3) is 6.20. The monoisotopic (exact) mass is 264 g/mol. The molecule has 0 spiro atoms. The summed E-state index contributed by atoms with van der Waals surface area (Å²) >= 11 is 0. The third-order valence-corrected chi connectivity index (χ3v) is 1.91. The Bertz CT molecular complexity index is 479. The SMILES string of the molecule is OB(O)Oc1cccc(O)c1.Oc1ccc(O)cc1. The Kier molecular flexibility index (Phi) is 5.52. The van der Waals surface area contributed by atoms with E-state index in [4.69, 9.17) is 25.4 Å². The molecule has 0 bridgehead atoms. The summed E-state index contributed by atoms with van der Waals surface area (Å²) in [6, 6.07) is 11.5. The van der Waals surface area contributed by atoms with Crippen LogP contribution in [0, 0.1) is 0 Å². The van der Waals surface area contributed by atoms with Gasteiger partial charge in [-0.1, -0.05) is 6.07 Å². The highest BCUT2D eigenvalue weighted by molar-refractivity contribution is 6.33. The maximum absolute atomic E-state index is 8.88. The number of benzene rings is 2. The van der Waals surface area contributed by atoms with Crippen LogP contribution in [0.25, 0.3) is 0 Å². The van der Waals surface area contributed by atoms with Crippen LogP contribution in [0.5, 0.6) is 23.0 Å². The number of hydrogen-bond acceptors (Lipinski definition) is 6. The Morgan fingerprint density at radius 1 is 0.737 bits per heavy atom. The summed E-state index contributed by atoms with van der Waals surface area (Å²) < 4.78 is 4.45. The summed E-state index contributed by atoms with van der Waals surface area (Å²) in [5, 5.41) is 42.9. The molecule has 19 heavy (non-hydrogen) atoms. The van der Waals surface area contributed by atoms with Crippen LogP contribution in [-0.2, 0) is 0 Å². The van der Waals surface area contributed by atoms with Crippen LogP contribution in [0.4, 0.5) is 0 Å². The van der Waals surface area contributed by atoms with Gasteiger partial charge in [0.15, 0.2) is 0 Å². The molecule has 2 rings (SSSR count). The van der Waals surface area contributed by atoms with Gasteiger partial charge in [0.25, 0.3) is 0 Å². The van der Waals surface area contributed by atoms with Crippen molar-refractivity contribution < 1.29 is 30.0 Å². The zero-order chi connectivity index (χ0) is 14.3. The van der Waals surface area contributed by atoms with E-state index in [0.29, 0.717) is 0 Å². The molecular formula is C12H13BO6. The predicted octanol–water partition coefficient (Wildman–Crippen LogP) is 0.838. The Morgan fingerprint density at radius 2 is 1.26 bits per heavy atom. The van der Waals surface area contributed by atoms with Gasteiger partial charge in [-0.05, 0) is 36.4 Å². The molecule has 6 nitrogen and oxygen atoms in total. The smallest absolute Gasteiger partial charge is 0.512 e. The summed E-state index contributed by atoms with van der Waals surface area (Å²) in [6.07, 6.45) is 0. The first-order chi connectivity index (χ1) is 8.97. The lowest BCUT2D eigenvalue weighted by molar-refractivity contribution is 0.287. The fourth-order valence-corrected chi connectivity index (χ4v) is 1.13. The Hall–Kier alpha value is -2.38. The van der Waals surface area contributed by atoms with E-state index in [9.17, 15) is 0 Å². The van der Waals surface area contributed by atoms with Gasteiger partial charge < -0.3 is 30.0 Å². The fourth-order valence-electron chi connectivity index (χ4n) is 1.13. The molecule has 0 aromatic heterocycles. The van der Waals surface area contributed by atoms with Crippen molar-refractivity contribution in [3.8, 4) is 23.0 Å². The Morgan fingerprint density at radius 3 is 1.68 bits per heavy atom. The fraction of sp³-hybridized carbons (Fsp3) is 0. The molecule has 7 heteroatoms. The van der Waals surface area contributed by atoms with E-state index in [1.54, 1.807) is 0 Å². The van der Waals surface area contributed by atoms with Crippen molar-refractivity contribution in [1.82, 2.24) is 0 Å². The minimum absolute atomic E-state index is 0.0168. The van der Waals surface area contributed by atoms with Crippen molar-refractivity contribution in [3.05, 3.63) is 48.5 Å². The first-order valence-electron chi connectivity index (χ1n) is 5.27. The molecule has 0 atom stereocenters. The van der Waals surface area contributed by atoms with Crippen molar-refractivity contribution >= 4 is 7.32 Å². The molecule has 2 aromatic carbocycles. The standard InChI is InChI=1S/C6H7BO4.C6H6O2/c8-5-2-1-3-6(4-5)11-7(9)10;7-5-1-2-6(8)4-3-5/h1-4,8-10H;1-4,7-8H. The number of phenolic OH excluding ortho intramolecular Hbond substituents is 3. The van der Waals surface area contributed by atoms with Crippen LogP contribution in [-0.4, -0.2) is 32.7 Å². The van der Waals surface area contributed by atoms with Crippen molar-refractivity contribution in [2.75, 3.05) is 0 Å². The molecule has 0 aliphatic heterocycles. The summed E-state index contributed by atoms with van der Waals surface area (Å²) in [4.78, 5) is 0. The van der Waals surface area contributed by atoms with Gasteiger partial charge in [0.1, 0.15) is 23.0 Å². The zero-order valence-corrected chi connectivity index (χ0v) is 9.84. The molecule has 0 saturated heterocycles. The number of rotatable bonds is 2. The Labute approximate surface area is 110 Å². The van der Waals surface area contributed by atoms with Crippen LogP contribution in [0.2, 0.25) is 0 Å². The predicted molar refractivity (Wildman–Crippen MR) is 68.7 cm³/mol. The minimum atomic E-state index is -1.85. The number of phenols is 3. The minimum Gasteiger partial charge on any atom is -0.512 e. The molecule has 0 aliphatic carbocycles. The normalized spacial score (nSPS) is 9.16. The second kappa shape index (κ2) is 7.15. The van der Waals surface area contributed by atoms with Crippen LogP contribution in [0.15, 0.2) is 48.5 Å². The molecule has 0 aliphatic rings. The molecular weight excluding hydrogens is 251 g/mol. The summed E-state index contributed by atoms with van der Waals surface area (Å²) in [5.74, 6) is 0.564. The average Bonchev–Trinajstić information content (AvgIpc) is 2.33. The van der Waals surface area contributed by atoms with Crippen molar-refractivity contribution in [3.63, 3.8) is 0 Å². The molecule has 0 unspecified atom stereocenters. The molecule has 0 heterocycles. The topological polar surface area (TPSA) is 110 Å². The second-order valence-electron chi connectivity index (χ2n) is 3.46. The van der Waals surface area contributed by atoms with Gasteiger partial charge in [0.05, 0.1) is 0 Å². The van der Waals surface area contributed by atoms with Gasteiger partial charge in [-0.3, -0.25) is 0 Å². The lowest BCUT2D eigenvalue weighted by atomic mass is 10.2. The summed E-state index contributed by atoms with van der Waals surface area (Å²) in [6.45, 7) is 0. The van der Waals surface area contributed by atoms with Gasteiger partial charge in [-0.15, -0.1) is 0 Å². The number of aromatic hydroxyl groups is 3. The average molecular weight is 264 g/mol. The van der Waals surface area contributed by atoms with Gasteiger partial charge in [0, 0.05) is 6.07 Å². The van der Waals surface area contributed by atoms with Gasteiger partial charge in [-0.2, -0.15) is 0 Å². The molecule has 0 saturated carbocycles. The van der Waals surface area contributed by atoms with Gasteiger partial charge in [0.2, 0.25) is 0 Å². The number of hydrogen-bond donors (Lipinski definition) is 5. The highest BCUT2D eigenvalue weighted by Gasteiger charge is 2.10. The van der Waals surface area contributed by atoms with Gasteiger partial charge >= 0.3 is 7.32 Å².